The van der Waals surface area contributed by atoms with Crippen LogP contribution in [0.2, 0.25) is 0 Å². The molecule has 2 unspecified atom stereocenters. The zero-order valence-corrected chi connectivity index (χ0v) is 19.0. The van der Waals surface area contributed by atoms with Crippen LogP contribution in [0.1, 0.15) is 84.4 Å². The van der Waals surface area contributed by atoms with Crippen LogP contribution in [0.3, 0.4) is 0 Å². The maximum Gasteiger partial charge on any atom is 0.330 e. The third-order valence-electron chi connectivity index (χ3n) is 4.79. The van der Waals surface area contributed by atoms with Crippen LogP contribution in [0.5, 0.6) is 0 Å². The molecule has 3 nitrogen and oxygen atoms in total. The van der Waals surface area contributed by atoms with E-state index in [0.717, 1.165) is 12.8 Å². The monoisotopic (exact) mass is 393 g/mol. The highest BCUT2D eigenvalue weighted by Crippen LogP contribution is 2.42. The first-order valence-electron chi connectivity index (χ1n) is 10.7. The van der Waals surface area contributed by atoms with Gasteiger partial charge in [0.1, 0.15) is 0 Å². The molecule has 0 bridgehead atoms. The highest BCUT2D eigenvalue weighted by molar-refractivity contribution is 7.57. The molecule has 0 saturated carbocycles. The van der Waals surface area contributed by atoms with Gasteiger partial charge in [0, 0.05) is 26.1 Å². The number of carbonyl (C=O) groups excluding carboxylic acids is 1. The Balaban J connectivity index is 2.86. The highest BCUT2D eigenvalue weighted by Gasteiger charge is 2.31. The van der Waals surface area contributed by atoms with Crippen LogP contribution in [0, 0.1) is 17.0 Å². The summed E-state index contributed by atoms with van der Waals surface area (Å²) >= 11 is 0. The van der Waals surface area contributed by atoms with E-state index in [-0.39, 0.29) is 31.7 Å². The number of nitrogens with zero attached hydrogens (tertiary/aromatic N) is 1. The lowest BCUT2D eigenvalue weighted by Gasteiger charge is -2.43. The number of hydrogen-bond acceptors (Lipinski definition) is 2. The third kappa shape index (κ3) is 9.32. The zero-order chi connectivity index (χ0) is 20.3. The van der Waals surface area contributed by atoms with Gasteiger partial charge < -0.3 is 5.21 Å². The lowest BCUT2D eigenvalue weighted by Crippen LogP contribution is -2.49. The molecule has 4 heteroatoms. The van der Waals surface area contributed by atoms with Crippen molar-refractivity contribution in [2.24, 2.45) is 11.8 Å². The summed E-state index contributed by atoms with van der Waals surface area (Å²) in [6.07, 6.45) is 7.13. The molecule has 0 heterocycles. The molecule has 0 N–H and O–H groups in total. The minimum Gasteiger partial charge on any atom is -0.625 e. The first kappa shape index (κ1) is 24.3. The van der Waals surface area contributed by atoms with Gasteiger partial charge in [-0.2, -0.15) is 0 Å². The second-order valence-electron chi connectivity index (χ2n) is 8.66. The summed E-state index contributed by atoms with van der Waals surface area (Å²) in [6, 6.07) is 10.3. The van der Waals surface area contributed by atoms with Crippen molar-refractivity contribution < 1.29 is 9.44 Å². The standard InChI is InChI=1S/C23H40NO2P/c1-6-7-8-9-13-16-22(21-14-11-10-12-15-21)27-23(25)24(26,17-19(2)3)18-20(4)5/h10-12,14-15,19-20,22,27H,6-9,13,16-18H2,1-5H3. The third-order valence-corrected chi connectivity index (χ3v) is 6.41. The number of carbonyl (C=O) groups is 1. The molecule has 0 spiro atoms. The Morgan fingerprint density at radius 1 is 0.963 bits per heavy atom. The van der Waals surface area contributed by atoms with Crippen LogP contribution in [-0.2, 0) is 0 Å². The second-order valence-corrected chi connectivity index (χ2v) is 10.1. The van der Waals surface area contributed by atoms with E-state index in [2.05, 4.69) is 19.1 Å². The first-order chi connectivity index (χ1) is 12.8. The van der Waals surface area contributed by atoms with Crippen LogP contribution >= 0.6 is 8.58 Å². The minimum atomic E-state index is -0.660. The normalized spacial score (nSPS) is 13.8. The fourth-order valence-corrected chi connectivity index (χ4v) is 5.07. The molecule has 0 aromatic heterocycles. The fraction of sp³-hybridized carbons (Fsp3) is 0.696. The van der Waals surface area contributed by atoms with E-state index < -0.39 is 4.65 Å². The molecule has 1 rings (SSSR count). The van der Waals surface area contributed by atoms with Crippen LogP contribution < -0.4 is 0 Å². The van der Waals surface area contributed by atoms with Crippen molar-refractivity contribution in [1.29, 1.82) is 0 Å². The Labute approximate surface area is 168 Å². The Kier molecular flexibility index (Phi) is 11.4. The summed E-state index contributed by atoms with van der Waals surface area (Å²) in [5.74, 6) is 0.443. The molecule has 27 heavy (non-hydrogen) atoms. The molecule has 1 aromatic rings. The van der Waals surface area contributed by atoms with Crippen LogP contribution in [0.15, 0.2) is 30.3 Å². The lowest BCUT2D eigenvalue weighted by atomic mass is 10.0. The average Bonchev–Trinajstić information content (AvgIpc) is 2.59. The molecule has 0 saturated heterocycles. The van der Waals surface area contributed by atoms with E-state index in [4.69, 9.17) is 0 Å². The molecule has 0 aliphatic rings. The number of unbranched alkanes of at least 4 members (excludes halogenated alkanes) is 4. The second kappa shape index (κ2) is 12.6. The zero-order valence-electron chi connectivity index (χ0n) is 18.0. The van der Waals surface area contributed by atoms with E-state index in [0.29, 0.717) is 13.1 Å². The smallest absolute Gasteiger partial charge is 0.330 e. The topological polar surface area (TPSA) is 40.1 Å². The minimum absolute atomic E-state index is 0.0580. The number of rotatable bonds is 13. The predicted molar refractivity (Wildman–Crippen MR) is 119 cm³/mol. The van der Waals surface area contributed by atoms with E-state index in [1.165, 1.54) is 31.2 Å². The van der Waals surface area contributed by atoms with E-state index >= 15 is 0 Å². The summed E-state index contributed by atoms with van der Waals surface area (Å²) in [6.45, 7) is 11.1. The summed E-state index contributed by atoms with van der Waals surface area (Å²) in [4.78, 5) is 13.1. The van der Waals surface area contributed by atoms with Gasteiger partial charge in [0.25, 0.3) is 0 Å². The number of hydroxylamine groups is 3. The van der Waals surface area contributed by atoms with Crippen LogP contribution in [0.25, 0.3) is 0 Å². The van der Waals surface area contributed by atoms with Gasteiger partial charge in [0.15, 0.2) is 0 Å². The summed E-state index contributed by atoms with van der Waals surface area (Å²) in [7, 11) is 0.0580. The average molecular weight is 394 g/mol. The summed E-state index contributed by atoms with van der Waals surface area (Å²) in [5.41, 5.74) is 1.28. The van der Waals surface area contributed by atoms with Gasteiger partial charge in [-0.05, 0) is 12.0 Å². The maximum atomic E-state index is 13.4. The van der Waals surface area contributed by atoms with Gasteiger partial charge >= 0.3 is 5.65 Å². The molecule has 0 radical (unpaired) electrons. The fourth-order valence-electron chi connectivity index (χ4n) is 3.65. The molecule has 0 aliphatic carbocycles. The van der Waals surface area contributed by atoms with Crippen LogP contribution in [0.4, 0.5) is 4.79 Å². The van der Waals surface area contributed by atoms with Crippen LogP contribution in [-0.4, -0.2) is 23.4 Å². The summed E-state index contributed by atoms with van der Waals surface area (Å²) in [5, 5.41) is 13.4. The van der Waals surface area contributed by atoms with Crippen molar-refractivity contribution in [2.45, 2.75) is 78.8 Å². The Morgan fingerprint density at radius 3 is 2.04 bits per heavy atom. The van der Waals surface area contributed by atoms with Gasteiger partial charge in [-0.3, -0.25) is 4.65 Å². The quantitative estimate of drug-likeness (QED) is 0.150. The number of amides is 1. The van der Waals surface area contributed by atoms with Crippen molar-refractivity contribution in [2.75, 3.05) is 13.1 Å². The Morgan fingerprint density at radius 2 is 1.52 bits per heavy atom. The lowest BCUT2D eigenvalue weighted by molar-refractivity contribution is -0.800. The summed E-state index contributed by atoms with van der Waals surface area (Å²) < 4.78 is -0.660. The molecule has 2 atom stereocenters. The van der Waals surface area contributed by atoms with Gasteiger partial charge in [0.05, 0.1) is 13.1 Å². The molecule has 0 fully saturated rings. The van der Waals surface area contributed by atoms with E-state index in [9.17, 15) is 10.0 Å². The molecular weight excluding hydrogens is 353 g/mol. The van der Waals surface area contributed by atoms with Gasteiger partial charge in [-0.15, -0.1) is 0 Å². The SMILES string of the molecule is CCCCCCCC(PC(=O)[N+]([O-])(CC(C)C)CC(C)C)c1ccccc1. The predicted octanol–water partition coefficient (Wildman–Crippen LogP) is 7.51. The van der Waals surface area contributed by atoms with Crippen molar-refractivity contribution in [3.63, 3.8) is 0 Å². The van der Waals surface area contributed by atoms with Gasteiger partial charge in [0.2, 0.25) is 0 Å². The number of benzene rings is 1. The van der Waals surface area contributed by atoms with Crippen molar-refractivity contribution in [3.8, 4) is 0 Å². The van der Waals surface area contributed by atoms with Crippen molar-refractivity contribution in [3.05, 3.63) is 41.1 Å². The molecule has 0 aliphatic heterocycles. The molecule has 1 amide bonds. The number of hydrogen-bond donors (Lipinski definition) is 0. The van der Waals surface area contributed by atoms with Gasteiger partial charge in [-0.25, -0.2) is 4.79 Å². The van der Waals surface area contributed by atoms with E-state index in [1.54, 1.807) is 0 Å². The highest BCUT2D eigenvalue weighted by atomic mass is 31.1. The Bertz CT molecular complexity index is 520. The Hall–Kier alpha value is -0.760. The molecule has 1 aromatic carbocycles. The van der Waals surface area contributed by atoms with E-state index in [1.807, 2.05) is 45.9 Å². The van der Waals surface area contributed by atoms with Crippen molar-refractivity contribution >= 4 is 14.2 Å². The first-order valence-corrected chi connectivity index (χ1v) is 11.8. The largest absolute Gasteiger partial charge is 0.625 e. The van der Waals surface area contributed by atoms with Crippen molar-refractivity contribution in [1.82, 2.24) is 0 Å². The molecular formula is C23H40NO2P. The van der Waals surface area contributed by atoms with Gasteiger partial charge in [-0.1, -0.05) is 97.1 Å². The maximum absolute atomic E-state index is 13.4. The number of quaternary nitrogens is 1. The molecule has 154 valence electrons.